The quantitative estimate of drug-likeness (QED) is 0.538. The largest absolute Gasteiger partial charge is 0.355 e. The first-order valence-electron chi connectivity index (χ1n) is 10.7. The number of amides is 2. The van der Waals surface area contributed by atoms with Crippen molar-refractivity contribution in [2.24, 2.45) is 0 Å². The third-order valence-corrected chi connectivity index (χ3v) is 6.38. The highest BCUT2D eigenvalue weighted by Gasteiger charge is 2.21. The van der Waals surface area contributed by atoms with Gasteiger partial charge in [0.1, 0.15) is 6.54 Å². The molecule has 8 nitrogen and oxygen atoms in total. The second-order valence-electron chi connectivity index (χ2n) is 7.73. The second-order valence-corrected chi connectivity index (χ2v) is 8.68. The second kappa shape index (κ2) is 9.51. The van der Waals surface area contributed by atoms with Crippen LogP contribution in [0.4, 0.5) is 0 Å². The number of aromatic nitrogens is 4. The van der Waals surface area contributed by atoms with Gasteiger partial charge in [0.25, 0.3) is 0 Å². The first kappa shape index (κ1) is 20.7. The number of rotatable bonds is 8. The maximum atomic E-state index is 12.7. The summed E-state index contributed by atoms with van der Waals surface area (Å²) < 4.78 is 3.84. The molecule has 1 saturated carbocycles. The lowest BCUT2D eigenvalue weighted by atomic mass is 9.95. The smallest absolute Gasteiger partial charge is 0.240 e. The fourth-order valence-electron chi connectivity index (χ4n) is 4.00. The van der Waals surface area contributed by atoms with Crippen LogP contribution in [0.25, 0.3) is 16.8 Å². The average molecular weight is 429 g/mol. The monoisotopic (exact) mass is 428 g/mol. The van der Waals surface area contributed by atoms with Crippen molar-refractivity contribution in [1.82, 2.24) is 29.8 Å². The molecule has 1 aliphatic rings. The van der Waals surface area contributed by atoms with Crippen LogP contribution in [-0.2, 0) is 16.1 Å². The molecule has 2 aromatic heterocycles. The van der Waals surface area contributed by atoms with E-state index >= 15 is 0 Å². The van der Waals surface area contributed by atoms with Crippen molar-refractivity contribution >= 4 is 40.4 Å². The third-order valence-electron chi connectivity index (χ3n) is 5.45. The predicted molar refractivity (Wildman–Crippen MR) is 118 cm³/mol. The van der Waals surface area contributed by atoms with Gasteiger partial charge in [0.15, 0.2) is 5.16 Å². The van der Waals surface area contributed by atoms with E-state index in [9.17, 15) is 9.59 Å². The van der Waals surface area contributed by atoms with Gasteiger partial charge in [0.2, 0.25) is 17.6 Å². The molecule has 0 saturated heterocycles. The first-order chi connectivity index (χ1) is 14.7. The Balaban J connectivity index is 1.56. The van der Waals surface area contributed by atoms with Crippen molar-refractivity contribution in [3.8, 4) is 0 Å². The zero-order valence-corrected chi connectivity index (χ0v) is 18.1. The number of hydrogen-bond donors (Lipinski definition) is 2. The Morgan fingerprint density at radius 1 is 1.10 bits per heavy atom. The van der Waals surface area contributed by atoms with Crippen molar-refractivity contribution in [3.63, 3.8) is 0 Å². The van der Waals surface area contributed by atoms with E-state index in [1.165, 1.54) is 31.0 Å². The number of carbonyl (C=O) groups is 2. The molecule has 0 radical (unpaired) electrons. The maximum absolute atomic E-state index is 12.7. The van der Waals surface area contributed by atoms with Gasteiger partial charge in [-0.2, -0.15) is 0 Å². The summed E-state index contributed by atoms with van der Waals surface area (Å²) in [5, 5.41) is 15.3. The van der Waals surface area contributed by atoms with E-state index in [4.69, 9.17) is 0 Å². The molecule has 2 heterocycles. The van der Waals surface area contributed by atoms with Gasteiger partial charge in [0, 0.05) is 12.6 Å². The lowest BCUT2D eigenvalue weighted by Gasteiger charge is -2.22. The molecule has 1 aromatic carbocycles. The summed E-state index contributed by atoms with van der Waals surface area (Å²) in [5.41, 5.74) is 1.86. The lowest BCUT2D eigenvalue weighted by molar-refractivity contribution is -0.122. The van der Waals surface area contributed by atoms with Crippen LogP contribution in [0.1, 0.15) is 45.4 Å². The Kier molecular flexibility index (Phi) is 6.56. The van der Waals surface area contributed by atoms with Crippen molar-refractivity contribution in [2.45, 2.75) is 63.2 Å². The van der Waals surface area contributed by atoms with Gasteiger partial charge in [-0.05, 0) is 31.4 Å². The molecule has 1 aliphatic carbocycles. The van der Waals surface area contributed by atoms with Crippen LogP contribution >= 0.6 is 11.8 Å². The van der Waals surface area contributed by atoms with Crippen LogP contribution in [0.15, 0.2) is 29.4 Å². The number of carbonyl (C=O) groups excluding carboxylic acids is 2. The molecule has 0 aliphatic heterocycles. The number of nitrogens with zero attached hydrogens (tertiary/aromatic N) is 4. The average Bonchev–Trinajstić information content (AvgIpc) is 3.31. The summed E-state index contributed by atoms with van der Waals surface area (Å²) in [6.07, 6.45) is 6.63. The van der Waals surface area contributed by atoms with Gasteiger partial charge in [-0.25, -0.2) is 0 Å². The summed E-state index contributed by atoms with van der Waals surface area (Å²) in [4.78, 5) is 24.7. The van der Waals surface area contributed by atoms with Crippen molar-refractivity contribution in [2.75, 3.05) is 12.3 Å². The molecule has 9 heteroatoms. The zero-order chi connectivity index (χ0) is 20.9. The van der Waals surface area contributed by atoms with E-state index in [0.29, 0.717) is 17.5 Å². The topological polar surface area (TPSA) is 93.3 Å². The van der Waals surface area contributed by atoms with Gasteiger partial charge in [0.05, 0.1) is 16.8 Å². The van der Waals surface area contributed by atoms with Gasteiger partial charge < -0.3 is 10.6 Å². The minimum atomic E-state index is -0.0193. The summed E-state index contributed by atoms with van der Waals surface area (Å²) in [7, 11) is 0. The Morgan fingerprint density at radius 2 is 1.87 bits per heavy atom. The standard InChI is InChI=1S/C21H28N6O2S/c1-2-12-22-19(29)14-30-21-25-24-20-26(16-10-6-7-11-17(16)27(20)21)13-18(28)23-15-8-4-3-5-9-15/h6-7,10-11,15H,2-5,8-9,12-14H2,1H3,(H,22,29)(H,23,28). The SMILES string of the molecule is CCCNC(=O)CSc1nnc2n(CC(=O)NC3CCCCC3)c3ccccc3n12. The van der Waals surface area contributed by atoms with Crippen molar-refractivity contribution in [1.29, 1.82) is 0 Å². The van der Waals surface area contributed by atoms with Crippen LogP contribution in [0.5, 0.6) is 0 Å². The van der Waals surface area contributed by atoms with E-state index in [1.807, 2.05) is 40.2 Å². The molecule has 0 bridgehead atoms. The Bertz CT molecular complexity index is 1040. The van der Waals surface area contributed by atoms with E-state index < -0.39 is 0 Å². The number of benzene rings is 1. The van der Waals surface area contributed by atoms with E-state index in [0.717, 1.165) is 30.3 Å². The van der Waals surface area contributed by atoms with E-state index in [1.54, 1.807) is 0 Å². The first-order valence-corrected chi connectivity index (χ1v) is 11.7. The third kappa shape index (κ3) is 4.45. The zero-order valence-electron chi connectivity index (χ0n) is 17.3. The minimum Gasteiger partial charge on any atom is -0.355 e. The molecule has 0 unspecified atom stereocenters. The number of nitrogens with one attached hydrogen (secondary N) is 2. The minimum absolute atomic E-state index is 0.00120. The van der Waals surface area contributed by atoms with Gasteiger partial charge >= 0.3 is 0 Å². The number of thioether (sulfide) groups is 1. The number of para-hydroxylation sites is 2. The number of fused-ring (bicyclic) bond motifs is 3. The fourth-order valence-corrected chi connectivity index (χ4v) is 4.77. The van der Waals surface area contributed by atoms with Crippen LogP contribution < -0.4 is 10.6 Å². The highest BCUT2D eigenvalue weighted by Crippen LogP contribution is 2.26. The normalized spacial score (nSPS) is 15.0. The lowest BCUT2D eigenvalue weighted by Crippen LogP contribution is -2.38. The Hall–Kier alpha value is -2.55. The molecule has 2 N–H and O–H groups in total. The van der Waals surface area contributed by atoms with E-state index in [-0.39, 0.29) is 30.2 Å². The summed E-state index contributed by atoms with van der Waals surface area (Å²) >= 11 is 1.35. The molecule has 2 amide bonds. The van der Waals surface area contributed by atoms with E-state index in [2.05, 4.69) is 20.8 Å². The molecule has 30 heavy (non-hydrogen) atoms. The Labute approximate surface area is 179 Å². The van der Waals surface area contributed by atoms with Gasteiger partial charge in [-0.1, -0.05) is 50.1 Å². The summed E-state index contributed by atoms with van der Waals surface area (Å²) in [5.74, 6) is 0.879. The van der Waals surface area contributed by atoms with Crippen molar-refractivity contribution in [3.05, 3.63) is 24.3 Å². The van der Waals surface area contributed by atoms with Gasteiger partial charge in [-0.3, -0.25) is 18.6 Å². The fraction of sp³-hybridized carbons (Fsp3) is 0.524. The molecule has 0 atom stereocenters. The Morgan fingerprint density at radius 3 is 2.63 bits per heavy atom. The molecule has 0 spiro atoms. The van der Waals surface area contributed by atoms with Gasteiger partial charge in [-0.15, -0.1) is 10.2 Å². The predicted octanol–water partition coefficient (Wildman–Crippen LogP) is 2.75. The highest BCUT2D eigenvalue weighted by atomic mass is 32.2. The molecular weight excluding hydrogens is 400 g/mol. The molecule has 160 valence electrons. The van der Waals surface area contributed by atoms with Crippen LogP contribution in [0.2, 0.25) is 0 Å². The molecular formula is C21H28N6O2S. The van der Waals surface area contributed by atoms with Crippen LogP contribution in [-0.4, -0.2) is 49.3 Å². The van der Waals surface area contributed by atoms with Crippen LogP contribution in [0.3, 0.4) is 0 Å². The summed E-state index contributed by atoms with van der Waals surface area (Å²) in [6, 6.07) is 8.16. The molecule has 1 fully saturated rings. The summed E-state index contributed by atoms with van der Waals surface area (Å²) in [6.45, 7) is 2.89. The number of hydrogen-bond acceptors (Lipinski definition) is 5. The molecule has 4 rings (SSSR count). The highest BCUT2D eigenvalue weighted by molar-refractivity contribution is 7.99. The van der Waals surface area contributed by atoms with Crippen LogP contribution in [0, 0.1) is 0 Å². The maximum Gasteiger partial charge on any atom is 0.240 e. The van der Waals surface area contributed by atoms with Crippen molar-refractivity contribution < 1.29 is 9.59 Å². The number of imidazole rings is 1. The molecule has 3 aromatic rings.